The van der Waals surface area contributed by atoms with Crippen molar-refractivity contribution in [3.05, 3.63) is 137 Å². The smallest absolute Gasteiger partial charge is 0.0541 e. The molecule has 0 spiro atoms. The fraction of sp³-hybridized carbons (Fsp3) is 0.220. The van der Waals surface area contributed by atoms with E-state index in [0.717, 1.165) is 12.8 Å². The lowest BCUT2D eigenvalue weighted by Gasteiger charge is -2.24. The number of fused-ring (bicyclic) bond motifs is 9. The normalized spacial score (nSPS) is 19.0. The van der Waals surface area contributed by atoms with Gasteiger partial charge in [-0.25, -0.2) is 0 Å². The van der Waals surface area contributed by atoms with Crippen LogP contribution in [0.4, 0.5) is 0 Å². The molecule has 2 aromatic heterocycles. The minimum atomic E-state index is 0.464. The molecular formula is C41H40N2S. The standard InChI is InChI=1S/C37H28N2S.2C2H6/c1-4-10-32-29(7-1)30-8-2-5-11-33(30)38(32)26-15-17-27(18-16-26)39-34-12-6-3-9-31(34)37-28-19-13-24-21-22-40-36(24)23-25(28)14-20-35(37)39;2*1-2/h1-5,7-11,13-22,25,36H,6,12,23H2;2*1-2H3. The predicted molar refractivity (Wildman–Crippen MR) is 194 cm³/mol. The molecule has 1 aliphatic heterocycles. The van der Waals surface area contributed by atoms with Crippen molar-refractivity contribution >= 4 is 51.3 Å². The van der Waals surface area contributed by atoms with E-state index in [1.54, 1.807) is 0 Å². The highest BCUT2D eigenvalue weighted by atomic mass is 32.2. The average molecular weight is 593 g/mol. The van der Waals surface area contributed by atoms with Crippen molar-refractivity contribution in [1.29, 1.82) is 0 Å². The van der Waals surface area contributed by atoms with Crippen LogP contribution in [0.15, 0.2) is 114 Å². The van der Waals surface area contributed by atoms with Gasteiger partial charge in [-0.3, -0.25) is 0 Å². The van der Waals surface area contributed by atoms with Gasteiger partial charge in [0.1, 0.15) is 0 Å². The lowest BCUT2D eigenvalue weighted by Crippen LogP contribution is -2.12. The molecule has 2 nitrogen and oxygen atoms in total. The highest BCUT2D eigenvalue weighted by Crippen LogP contribution is 2.47. The van der Waals surface area contributed by atoms with Crippen LogP contribution in [0.1, 0.15) is 63.1 Å². The third-order valence-electron chi connectivity index (χ3n) is 9.10. The summed E-state index contributed by atoms with van der Waals surface area (Å²) in [7, 11) is 0. The Morgan fingerprint density at radius 1 is 0.705 bits per heavy atom. The second-order valence-electron chi connectivity index (χ2n) is 11.2. The Bertz CT molecular complexity index is 1950. The van der Waals surface area contributed by atoms with Gasteiger partial charge in [0, 0.05) is 50.1 Å². The van der Waals surface area contributed by atoms with Crippen LogP contribution in [0.5, 0.6) is 0 Å². The molecule has 3 aliphatic carbocycles. The maximum atomic E-state index is 2.53. The molecule has 0 fully saturated rings. The summed E-state index contributed by atoms with van der Waals surface area (Å²) >= 11 is 1.97. The molecule has 0 radical (unpaired) electrons. The predicted octanol–water partition coefficient (Wildman–Crippen LogP) is 11.6. The first-order valence-corrected chi connectivity index (χ1v) is 17.2. The summed E-state index contributed by atoms with van der Waals surface area (Å²) < 4.78 is 4.93. The number of hydrogen-bond acceptors (Lipinski definition) is 1. The number of nitrogens with zero attached hydrogens (tertiary/aromatic N) is 2. The van der Waals surface area contributed by atoms with Crippen LogP contribution in [-0.4, -0.2) is 14.4 Å². The molecule has 4 aliphatic rings. The van der Waals surface area contributed by atoms with Crippen LogP contribution in [0.25, 0.3) is 50.9 Å². The summed E-state index contributed by atoms with van der Waals surface area (Å²) in [4.78, 5) is 0. The molecule has 3 heteroatoms. The molecule has 3 aromatic carbocycles. The molecule has 0 bridgehead atoms. The fourth-order valence-electron chi connectivity index (χ4n) is 7.29. The molecule has 0 saturated heterocycles. The zero-order chi connectivity index (χ0) is 30.2. The Morgan fingerprint density at radius 3 is 2.07 bits per heavy atom. The van der Waals surface area contributed by atoms with Gasteiger partial charge in [0.05, 0.1) is 16.7 Å². The summed E-state index contributed by atoms with van der Waals surface area (Å²) in [6, 6.07) is 26.7. The second-order valence-corrected chi connectivity index (χ2v) is 12.3. The Hall–Kier alpha value is -4.21. The van der Waals surface area contributed by atoms with Crippen molar-refractivity contribution in [2.75, 3.05) is 0 Å². The number of thioether (sulfide) groups is 1. The SMILES string of the molecule is C1=Cc2c3c(n(-c4ccc(-n5c6ccccc6c6ccccc65)cc4)c2CC1)C=CC1CC2SC=CC2=CC=C31.CC.CC. The third-order valence-corrected chi connectivity index (χ3v) is 10.2. The molecule has 9 rings (SSSR count). The van der Waals surface area contributed by atoms with Crippen molar-refractivity contribution in [3.63, 3.8) is 0 Å². The van der Waals surface area contributed by atoms with Crippen molar-refractivity contribution in [2.45, 2.75) is 52.2 Å². The Kier molecular flexibility index (Phi) is 7.82. The van der Waals surface area contributed by atoms with Crippen molar-refractivity contribution < 1.29 is 0 Å². The largest absolute Gasteiger partial charge is 0.313 e. The van der Waals surface area contributed by atoms with Gasteiger partial charge >= 0.3 is 0 Å². The van der Waals surface area contributed by atoms with E-state index in [1.807, 2.05) is 39.5 Å². The van der Waals surface area contributed by atoms with E-state index < -0.39 is 0 Å². The van der Waals surface area contributed by atoms with Crippen LogP contribution >= 0.6 is 11.8 Å². The van der Waals surface area contributed by atoms with Crippen molar-refractivity contribution in [3.8, 4) is 11.4 Å². The third kappa shape index (κ3) is 4.49. The minimum absolute atomic E-state index is 0.464. The summed E-state index contributed by atoms with van der Waals surface area (Å²) in [6.45, 7) is 8.00. The summed E-state index contributed by atoms with van der Waals surface area (Å²) in [5.41, 5.74) is 13.5. The van der Waals surface area contributed by atoms with Gasteiger partial charge in [-0.15, -0.1) is 11.8 Å². The van der Waals surface area contributed by atoms with Crippen LogP contribution in [0.3, 0.4) is 0 Å². The summed E-state index contributed by atoms with van der Waals surface area (Å²) in [5.74, 6) is 0.464. The van der Waals surface area contributed by atoms with E-state index in [-0.39, 0.29) is 0 Å². The molecule has 5 aromatic rings. The van der Waals surface area contributed by atoms with E-state index in [9.17, 15) is 0 Å². The van der Waals surface area contributed by atoms with Crippen LogP contribution < -0.4 is 0 Å². The number of hydrogen-bond donors (Lipinski definition) is 0. The van der Waals surface area contributed by atoms with Crippen LogP contribution in [0.2, 0.25) is 0 Å². The number of allylic oxidation sites excluding steroid dienone is 6. The first-order chi connectivity index (χ1) is 21.8. The number of rotatable bonds is 2. The topological polar surface area (TPSA) is 9.86 Å². The molecule has 44 heavy (non-hydrogen) atoms. The van der Waals surface area contributed by atoms with E-state index in [0.29, 0.717) is 11.2 Å². The fourth-order valence-corrected chi connectivity index (χ4v) is 8.35. The van der Waals surface area contributed by atoms with Gasteiger partial charge in [0.15, 0.2) is 0 Å². The Morgan fingerprint density at radius 2 is 1.36 bits per heavy atom. The first-order valence-electron chi connectivity index (χ1n) is 16.3. The molecule has 0 amide bonds. The monoisotopic (exact) mass is 592 g/mol. The highest BCUT2D eigenvalue weighted by Gasteiger charge is 2.33. The quantitative estimate of drug-likeness (QED) is 0.198. The summed E-state index contributed by atoms with van der Waals surface area (Å²) in [6.07, 6.45) is 20.0. The van der Waals surface area contributed by atoms with Gasteiger partial charge in [0.25, 0.3) is 0 Å². The molecule has 2 atom stereocenters. The zero-order valence-corrected chi connectivity index (χ0v) is 26.9. The molecule has 220 valence electrons. The maximum absolute atomic E-state index is 2.53. The Labute approximate surface area is 265 Å². The van der Waals surface area contributed by atoms with Gasteiger partial charge < -0.3 is 9.13 Å². The van der Waals surface area contributed by atoms with Gasteiger partial charge in [0.2, 0.25) is 0 Å². The Balaban J connectivity index is 0.000000753. The van der Waals surface area contributed by atoms with Gasteiger partial charge in [-0.2, -0.15) is 0 Å². The van der Waals surface area contributed by atoms with E-state index in [2.05, 4.69) is 130 Å². The van der Waals surface area contributed by atoms with E-state index in [4.69, 9.17) is 0 Å². The van der Waals surface area contributed by atoms with E-state index >= 15 is 0 Å². The average Bonchev–Trinajstić information content (AvgIpc) is 3.75. The highest BCUT2D eigenvalue weighted by molar-refractivity contribution is 8.03. The summed E-state index contributed by atoms with van der Waals surface area (Å²) in [5, 5.41) is 5.43. The second kappa shape index (κ2) is 12.1. The number of aromatic nitrogens is 2. The van der Waals surface area contributed by atoms with Gasteiger partial charge in [-0.05, 0) is 78.3 Å². The number of benzene rings is 3. The lowest BCUT2D eigenvalue weighted by atomic mass is 9.82. The lowest BCUT2D eigenvalue weighted by molar-refractivity contribution is 0.745. The molecule has 2 unspecified atom stereocenters. The number of para-hydroxylation sites is 2. The van der Waals surface area contributed by atoms with Gasteiger partial charge in [-0.1, -0.05) is 101 Å². The maximum Gasteiger partial charge on any atom is 0.0541 e. The molecule has 0 saturated carbocycles. The van der Waals surface area contributed by atoms with Crippen LogP contribution in [-0.2, 0) is 6.42 Å². The minimum Gasteiger partial charge on any atom is -0.313 e. The van der Waals surface area contributed by atoms with Crippen molar-refractivity contribution in [2.24, 2.45) is 5.92 Å². The molecule has 0 N–H and O–H groups in total. The van der Waals surface area contributed by atoms with E-state index in [1.165, 1.54) is 73.3 Å². The van der Waals surface area contributed by atoms with Crippen molar-refractivity contribution in [1.82, 2.24) is 9.13 Å². The zero-order valence-electron chi connectivity index (χ0n) is 26.1. The molecular weight excluding hydrogens is 553 g/mol. The first kappa shape index (κ1) is 28.6. The molecule has 3 heterocycles. The van der Waals surface area contributed by atoms with Crippen LogP contribution in [0, 0.1) is 5.92 Å².